The summed E-state index contributed by atoms with van der Waals surface area (Å²) in [5.74, 6) is -0.949. The van der Waals surface area contributed by atoms with Crippen LogP contribution < -0.4 is 24.8 Å². The van der Waals surface area contributed by atoms with E-state index in [1.165, 1.54) is 4.90 Å². The highest BCUT2D eigenvalue weighted by molar-refractivity contribution is 7.91. The van der Waals surface area contributed by atoms with Crippen molar-refractivity contribution in [1.29, 1.82) is 0 Å². The molecule has 2 aliphatic heterocycles. The molecule has 3 heterocycles. The molecule has 2 saturated carbocycles. The smallest absolute Gasteiger partial charge is 0.408 e. The zero-order valence-electron chi connectivity index (χ0n) is 32.3. The molecule has 56 heavy (non-hydrogen) atoms. The average molecular weight is 790 g/mol. The monoisotopic (exact) mass is 789 g/mol. The van der Waals surface area contributed by atoms with E-state index in [-0.39, 0.29) is 18.9 Å². The summed E-state index contributed by atoms with van der Waals surface area (Å²) in [5, 5.41) is 5.79. The number of nitrogens with one attached hydrogen (secondary N) is 3. The topological polar surface area (TPSA) is 182 Å². The lowest BCUT2D eigenvalue weighted by Gasteiger charge is -2.30. The van der Waals surface area contributed by atoms with Crippen LogP contribution in [0.2, 0.25) is 0 Å². The molecule has 2 aliphatic carbocycles. The van der Waals surface area contributed by atoms with Crippen molar-refractivity contribution in [3.05, 3.63) is 54.6 Å². The van der Waals surface area contributed by atoms with Crippen LogP contribution in [0.25, 0.3) is 22.2 Å². The van der Waals surface area contributed by atoms with E-state index in [1.807, 2.05) is 48.5 Å². The van der Waals surface area contributed by atoms with Gasteiger partial charge in [-0.3, -0.25) is 19.1 Å². The minimum atomic E-state index is -3.87. The third-order valence-electron chi connectivity index (χ3n) is 11.0. The summed E-state index contributed by atoms with van der Waals surface area (Å²) in [6, 6.07) is 14.8. The second-order valence-electron chi connectivity index (χ2n) is 16.5. The van der Waals surface area contributed by atoms with E-state index in [0.717, 1.165) is 24.8 Å². The van der Waals surface area contributed by atoms with E-state index in [9.17, 15) is 27.6 Å². The van der Waals surface area contributed by atoms with Crippen LogP contribution in [0.3, 0.4) is 0 Å². The van der Waals surface area contributed by atoms with Crippen molar-refractivity contribution in [3.8, 4) is 22.8 Å². The summed E-state index contributed by atoms with van der Waals surface area (Å²) in [6.07, 6.45) is 3.82. The number of amides is 4. The minimum Gasteiger partial charge on any atom is -0.497 e. The third-order valence-corrected chi connectivity index (χ3v) is 12.8. The SMILES string of the molecule is COc1ccc2c(O[C@@H]3C[C@H]4C(=O)N[C@]5(C(=O)NS(=O)(=O)C6CC6)C[C@H]5CCCCCC[C@H](NC(=O)OC(C)(C)C)C(=O)N4C3)cc(-c3ccccc3)nc2c1. The number of aromatic nitrogens is 1. The number of carbonyl (C=O) groups is 4. The zero-order valence-corrected chi connectivity index (χ0v) is 33.2. The fraction of sp³-hybridized carbons (Fsp3) is 0.537. The number of benzene rings is 2. The van der Waals surface area contributed by atoms with Crippen molar-refractivity contribution < 1.29 is 41.8 Å². The lowest BCUT2D eigenvalue weighted by molar-refractivity contribution is -0.141. The fourth-order valence-electron chi connectivity index (χ4n) is 7.86. The summed E-state index contributed by atoms with van der Waals surface area (Å²) in [5.41, 5.74) is -0.0788. The van der Waals surface area contributed by atoms with Crippen LogP contribution >= 0.6 is 0 Å². The molecule has 0 radical (unpaired) electrons. The highest BCUT2D eigenvalue weighted by Gasteiger charge is 2.62. The van der Waals surface area contributed by atoms with E-state index in [2.05, 4.69) is 15.4 Å². The highest BCUT2D eigenvalue weighted by Crippen LogP contribution is 2.48. The van der Waals surface area contributed by atoms with Crippen LogP contribution in [0.15, 0.2) is 54.6 Å². The molecule has 0 unspecified atom stereocenters. The van der Waals surface area contributed by atoms with Crippen molar-refractivity contribution >= 4 is 44.7 Å². The van der Waals surface area contributed by atoms with Gasteiger partial charge in [0, 0.05) is 29.5 Å². The summed E-state index contributed by atoms with van der Waals surface area (Å²) in [4.78, 5) is 62.2. The second-order valence-corrected chi connectivity index (χ2v) is 18.4. The molecular formula is C41H51N5O9S. The Morgan fingerprint density at radius 1 is 0.964 bits per heavy atom. The van der Waals surface area contributed by atoms with Crippen molar-refractivity contribution in [2.75, 3.05) is 13.7 Å². The molecule has 15 heteroatoms. The second kappa shape index (κ2) is 15.5. The summed E-state index contributed by atoms with van der Waals surface area (Å²) >= 11 is 0. The van der Waals surface area contributed by atoms with Gasteiger partial charge in [0.05, 0.1) is 30.1 Å². The Balaban J connectivity index is 1.22. The van der Waals surface area contributed by atoms with Crippen molar-refractivity contribution in [2.45, 2.75) is 120 Å². The van der Waals surface area contributed by atoms with Crippen LogP contribution in [0.5, 0.6) is 11.5 Å². The third kappa shape index (κ3) is 8.72. The maximum absolute atomic E-state index is 14.6. The summed E-state index contributed by atoms with van der Waals surface area (Å²) in [6.45, 7) is 5.21. The molecule has 4 fully saturated rings. The van der Waals surface area contributed by atoms with Gasteiger partial charge in [-0.1, -0.05) is 56.0 Å². The number of hydrogen-bond donors (Lipinski definition) is 3. The molecule has 3 N–H and O–H groups in total. The fourth-order valence-corrected chi connectivity index (χ4v) is 9.23. The number of rotatable bonds is 8. The van der Waals surface area contributed by atoms with Gasteiger partial charge in [0.25, 0.3) is 5.91 Å². The number of alkyl carbamates (subject to hydrolysis) is 1. The molecule has 300 valence electrons. The molecule has 14 nitrogen and oxygen atoms in total. The molecule has 5 atom stereocenters. The van der Waals surface area contributed by atoms with Gasteiger partial charge in [-0.25, -0.2) is 18.2 Å². The van der Waals surface area contributed by atoms with E-state index in [1.54, 1.807) is 33.9 Å². The van der Waals surface area contributed by atoms with Crippen molar-refractivity contribution in [3.63, 3.8) is 0 Å². The van der Waals surface area contributed by atoms with Crippen LogP contribution in [0.4, 0.5) is 4.79 Å². The maximum atomic E-state index is 14.6. The lowest BCUT2D eigenvalue weighted by Crippen LogP contribution is -2.58. The average Bonchev–Trinajstić information content (AvgIpc) is 4.08. The van der Waals surface area contributed by atoms with Gasteiger partial charge in [-0.05, 0) is 70.9 Å². The van der Waals surface area contributed by atoms with Gasteiger partial charge in [0.2, 0.25) is 21.8 Å². The molecule has 0 spiro atoms. The Morgan fingerprint density at radius 2 is 1.70 bits per heavy atom. The van der Waals surface area contributed by atoms with Crippen LogP contribution in [0, 0.1) is 5.92 Å². The lowest BCUT2D eigenvalue weighted by atomic mass is 10.0. The van der Waals surface area contributed by atoms with Crippen LogP contribution in [-0.2, 0) is 29.1 Å². The first-order valence-corrected chi connectivity index (χ1v) is 21.1. The number of carbonyl (C=O) groups excluding carboxylic acids is 4. The number of methoxy groups -OCH3 is 1. The molecule has 1 aromatic heterocycles. The molecular weight excluding hydrogens is 739 g/mol. The first kappa shape index (κ1) is 39.3. The Labute approximate surface area is 327 Å². The van der Waals surface area contributed by atoms with Gasteiger partial charge in [-0.2, -0.15) is 0 Å². The Kier molecular flexibility index (Phi) is 10.9. The molecule has 4 amide bonds. The molecule has 2 saturated heterocycles. The van der Waals surface area contributed by atoms with E-state index >= 15 is 0 Å². The predicted molar refractivity (Wildman–Crippen MR) is 208 cm³/mol. The van der Waals surface area contributed by atoms with E-state index in [4.69, 9.17) is 19.2 Å². The van der Waals surface area contributed by atoms with E-state index < -0.39 is 68.4 Å². The highest BCUT2D eigenvalue weighted by atomic mass is 32.2. The first-order chi connectivity index (χ1) is 26.7. The Hall–Kier alpha value is -4.92. The largest absolute Gasteiger partial charge is 0.497 e. The van der Waals surface area contributed by atoms with Crippen molar-refractivity contribution in [1.82, 2.24) is 25.2 Å². The maximum Gasteiger partial charge on any atom is 0.408 e. The number of pyridine rings is 1. The number of fused-ring (bicyclic) bond motifs is 3. The number of ether oxygens (including phenoxy) is 3. The molecule has 0 bridgehead atoms. The number of sulfonamides is 1. The summed E-state index contributed by atoms with van der Waals surface area (Å²) in [7, 11) is -2.30. The molecule has 3 aromatic rings. The van der Waals surface area contributed by atoms with Crippen LogP contribution in [0.1, 0.15) is 85.0 Å². The van der Waals surface area contributed by atoms with Gasteiger partial charge in [0.15, 0.2) is 0 Å². The zero-order chi connectivity index (χ0) is 39.8. The molecule has 2 aromatic carbocycles. The van der Waals surface area contributed by atoms with Crippen LogP contribution in [-0.4, -0.2) is 90.3 Å². The van der Waals surface area contributed by atoms with Gasteiger partial charge >= 0.3 is 6.09 Å². The predicted octanol–water partition coefficient (Wildman–Crippen LogP) is 4.99. The van der Waals surface area contributed by atoms with Gasteiger partial charge < -0.3 is 29.7 Å². The molecule has 4 aliphatic rings. The number of nitrogens with zero attached hydrogens (tertiary/aromatic N) is 2. The number of hydrogen-bond acceptors (Lipinski definition) is 10. The van der Waals surface area contributed by atoms with E-state index in [0.29, 0.717) is 66.6 Å². The van der Waals surface area contributed by atoms with Crippen molar-refractivity contribution in [2.24, 2.45) is 5.92 Å². The quantitative estimate of drug-likeness (QED) is 0.281. The normalized spacial score (nSPS) is 25.9. The van der Waals surface area contributed by atoms with Gasteiger partial charge in [-0.15, -0.1) is 0 Å². The standard InChI is InChI=1S/C41H51N5O9S/c1-40(2,3)55-39(50)43-31-15-11-6-5-10-14-26-23-41(26,38(49)45-56(51,52)29-17-18-29)44-36(47)34-21-28(24-46(34)37(31)48)54-35-22-32(25-12-8-7-9-13-25)42-33-20-27(53-4)16-19-30(33)35/h7-9,12-13,16,19-20,22,26,28-29,31,34H,5-6,10-11,14-15,17-18,21,23-24H2,1-4H3,(H,43,50)(H,44,47)(H,45,49)/t26-,28-,31+,34+,41-/m1/s1. The Morgan fingerprint density at radius 3 is 2.39 bits per heavy atom. The van der Waals surface area contributed by atoms with Gasteiger partial charge in [0.1, 0.15) is 40.8 Å². The summed E-state index contributed by atoms with van der Waals surface area (Å²) < 4.78 is 45.7. The molecule has 7 rings (SSSR count). The Bertz CT molecular complexity index is 2100. The first-order valence-electron chi connectivity index (χ1n) is 19.5. The minimum absolute atomic E-state index is 0.00272.